The van der Waals surface area contributed by atoms with E-state index in [0.29, 0.717) is 17.9 Å². The van der Waals surface area contributed by atoms with Crippen LogP contribution in [0.4, 0.5) is 0 Å². The standard InChI is InChI=1S/C21H24N4OS/c1-5-27-21-24-23-19(25(21)18-8-6-7-14(2)11-18)13-22-20(26)17-10-9-15(3)16(4)12-17/h6-12H,5,13H2,1-4H3,(H,22,26). The van der Waals surface area contributed by atoms with E-state index >= 15 is 0 Å². The molecule has 1 heterocycles. The molecule has 3 rings (SSSR count). The SMILES string of the molecule is CCSc1nnc(CNC(=O)c2ccc(C)c(C)c2)n1-c1cccc(C)c1. The van der Waals surface area contributed by atoms with Crippen LogP contribution < -0.4 is 5.32 Å². The lowest BCUT2D eigenvalue weighted by atomic mass is 10.1. The third kappa shape index (κ3) is 4.39. The lowest BCUT2D eigenvalue weighted by Gasteiger charge is -2.11. The highest BCUT2D eigenvalue weighted by Gasteiger charge is 2.15. The molecule has 0 spiro atoms. The Kier molecular flexibility index (Phi) is 5.96. The quantitative estimate of drug-likeness (QED) is 0.650. The van der Waals surface area contributed by atoms with Crippen molar-refractivity contribution in [3.63, 3.8) is 0 Å². The van der Waals surface area contributed by atoms with Gasteiger partial charge in [0.1, 0.15) is 0 Å². The number of hydrogen-bond donors (Lipinski definition) is 1. The molecule has 0 saturated heterocycles. The molecule has 0 saturated carbocycles. The Morgan fingerprint density at radius 3 is 2.59 bits per heavy atom. The highest BCUT2D eigenvalue weighted by Crippen LogP contribution is 2.22. The fourth-order valence-electron chi connectivity index (χ4n) is 2.81. The normalized spacial score (nSPS) is 10.8. The van der Waals surface area contributed by atoms with Crippen molar-refractivity contribution in [2.24, 2.45) is 0 Å². The lowest BCUT2D eigenvalue weighted by Crippen LogP contribution is -2.24. The summed E-state index contributed by atoms with van der Waals surface area (Å²) in [6.07, 6.45) is 0. The van der Waals surface area contributed by atoms with E-state index < -0.39 is 0 Å². The number of benzene rings is 2. The molecule has 0 fully saturated rings. The number of aryl methyl sites for hydroxylation is 3. The van der Waals surface area contributed by atoms with Crippen molar-refractivity contribution in [1.82, 2.24) is 20.1 Å². The van der Waals surface area contributed by atoms with Crippen LogP contribution in [0.5, 0.6) is 0 Å². The van der Waals surface area contributed by atoms with Gasteiger partial charge in [-0.2, -0.15) is 0 Å². The monoisotopic (exact) mass is 380 g/mol. The average molecular weight is 381 g/mol. The van der Waals surface area contributed by atoms with Gasteiger partial charge in [0.05, 0.1) is 6.54 Å². The van der Waals surface area contributed by atoms with Crippen molar-refractivity contribution in [1.29, 1.82) is 0 Å². The molecule has 0 aliphatic carbocycles. The summed E-state index contributed by atoms with van der Waals surface area (Å²) in [6.45, 7) is 8.50. The van der Waals surface area contributed by atoms with Crippen LogP contribution in [0.3, 0.4) is 0 Å². The van der Waals surface area contributed by atoms with Gasteiger partial charge in [-0.05, 0) is 67.5 Å². The summed E-state index contributed by atoms with van der Waals surface area (Å²) < 4.78 is 2.02. The smallest absolute Gasteiger partial charge is 0.251 e. The Morgan fingerprint density at radius 2 is 1.89 bits per heavy atom. The minimum absolute atomic E-state index is 0.110. The number of hydrogen-bond acceptors (Lipinski definition) is 4. The topological polar surface area (TPSA) is 59.8 Å². The highest BCUT2D eigenvalue weighted by atomic mass is 32.2. The molecule has 0 aliphatic heterocycles. The largest absolute Gasteiger partial charge is 0.345 e. The zero-order valence-electron chi connectivity index (χ0n) is 16.1. The van der Waals surface area contributed by atoms with Crippen LogP contribution in [0.25, 0.3) is 5.69 Å². The van der Waals surface area contributed by atoms with Crippen molar-refractivity contribution in [2.45, 2.75) is 39.4 Å². The van der Waals surface area contributed by atoms with E-state index in [1.165, 1.54) is 11.1 Å². The number of amides is 1. The minimum Gasteiger partial charge on any atom is -0.345 e. The van der Waals surface area contributed by atoms with Crippen molar-refractivity contribution in [3.8, 4) is 5.69 Å². The molecule has 1 aromatic heterocycles. The van der Waals surface area contributed by atoms with E-state index in [1.54, 1.807) is 11.8 Å². The van der Waals surface area contributed by atoms with Crippen molar-refractivity contribution in [3.05, 3.63) is 70.5 Å². The van der Waals surface area contributed by atoms with Crippen LogP contribution in [-0.2, 0) is 6.54 Å². The van der Waals surface area contributed by atoms with Crippen LogP contribution in [-0.4, -0.2) is 26.4 Å². The molecule has 27 heavy (non-hydrogen) atoms. The summed E-state index contributed by atoms with van der Waals surface area (Å²) in [5, 5.41) is 12.4. The number of aromatic nitrogens is 3. The first kappa shape index (κ1) is 19.2. The molecule has 0 unspecified atom stereocenters. The molecule has 140 valence electrons. The summed E-state index contributed by atoms with van der Waals surface area (Å²) in [5.74, 6) is 1.51. The number of carbonyl (C=O) groups excluding carboxylic acids is 1. The first-order chi connectivity index (χ1) is 13.0. The van der Waals surface area contributed by atoms with Gasteiger partial charge in [0.25, 0.3) is 5.91 Å². The zero-order valence-corrected chi connectivity index (χ0v) is 16.9. The number of rotatable bonds is 6. The van der Waals surface area contributed by atoms with Gasteiger partial charge in [-0.15, -0.1) is 10.2 Å². The molecule has 1 amide bonds. The molecule has 0 atom stereocenters. The second-order valence-corrected chi connectivity index (χ2v) is 7.72. The maximum atomic E-state index is 12.5. The number of thioether (sulfide) groups is 1. The molecule has 2 aromatic carbocycles. The fraction of sp³-hybridized carbons (Fsp3) is 0.286. The molecule has 5 nitrogen and oxygen atoms in total. The molecular formula is C21H24N4OS. The van der Waals surface area contributed by atoms with E-state index in [-0.39, 0.29) is 5.91 Å². The van der Waals surface area contributed by atoms with Gasteiger partial charge in [0.15, 0.2) is 11.0 Å². The third-order valence-electron chi connectivity index (χ3n) is 4.41. The van der Waals surface area contributed by atoms with E-state index in [9.17, 15) is 4.79 Å². The molecule has 0 radical (unpaired) electrons. The second-order valence-electron chi connectivity index (χ2n) is 6.49. The number of nitrogens with zero attached hydrogens (tertiary/aromatic N) is 3. The zero-order chi connectivity index (χ0) is 19.4. The van der Waals surface area contributed by atoms with E-state index in [4.69, 9.17) is 0 Å². The Morgan fingerprint density at radius 1 is 1.07 bits per heavy atom. The van der Waals surface area contributed by atoms with Gasteiger partial charge in [-0.1, -0.05) is 36.9 Å². The molecular weight excluding hydrogens is 356 g/mol. The summed E-state index contributed by atoms with van der Waals surface area (Å²) in [4.78, 5) is 12.5. The summed E-state index contributed by atoms with van der Waals surface area (Å²) >= 11 is 1.63. The maximum Gasteiger partial charge on any atom is 0.251 e. The lowest BCUT2D eigenvalue weighted by molar-refractivity contribution is 0.0949. The summed E-state index contributed by atoms with van der Waals surface area (Å²) in [5.41, 5.74) is 5.10. The molecule has 0 aliphatic rings. The van der Waals surface area contributed by atoms with Crippen LogP contribution >= 0.6 is 11.8 Å². The number of carbonyl (C=O) groups is 1. The van der Waals surface area contributed by atoms with E-state index in [0.717, 1.165) is 22.2 Å². The molecule has 3 aromatic rings. The summed E-state index contributed by atoms with van der Waals surface area (Å²) in [6, 6.07) is 13.9. The highest BCUT2D eigenvalue weighted by molar-refractivity contribution is 7.99. The van der Waals surface area contributed by atoms with Crippen LogP contribution in [0.1, 0.15) is 39.8 Å². The van der Waals surface area contributed by atoms with Gasteiger partial charge in [-0.25, -0.2) is 0 Å². The second kappa shape index (κ2) is 8.39. The van der Waals surface area contributed by atoms with Gasteiger partial charge >= 0.3 is 0 Å². The predicted octanol–water partition coefficient (Wildman–Crippen LogP) is 4.23. The minimum atomic E-state index is -0.110. The fourth-order valence-corrected chi connectivity index (χ4v) is 3.50. The Hall–Kier alpha value is -2.60. The van der Waals surface area contributed by atoms with E-state index in [2.05, 4.69) is 41.5 Å². The third-order valence-corrected chi connectivity index (χ3v) is 5.22. The maximum absolute atomic E-state index is 12.5. The van der Waals surface area contributed by atoms with Gasteiger partial charge < -0.3 is 5.32 Å². The first-order valence-corrected chi connectivity index (χ1v) is 9.97. The Balaban J connectivity index is 1.84. The number of nitrogens with one attached hydrogen (secondary N) is 1. The molecule has 1 N–H and O–H groups in total. The molecule has 6 heteroatoms. The predicted molar refractivity (Wildman–Crippen MR) is 110 cm³/mol. The van der Waals surface area contributed by atoms with Gasteiger partial charge in [0.2, 0.25) is 0 Å². The van der Waals surface area contributed by atoms with Crippen molar-refractivity contribution in [2.75, 3.05) is 5.75 Å². The average Bonchev–Trinajstić information content (AvgIpc) is 3.05. The van der Waals surface area contributed by atoms with Crippen molar-refractivity contribution < 1.29 is 4.79 Å². The Labute approximate surface area is 164 Å². The van der Waals surface area contributed by atoms with E-state index in [1.807, 2.05) is 48.7 Å². The van der Waals surface area contributed by atoms with Crippen LogP contribution in [0.15, 0.2) is 47.6 Å². The van der Waals surface area contributed by atoms with Gasteiger partial charge in [-0.3, -0.25) is 9.36 Å². The van der Waals surface area contributed by atoms with Gasteiger partial charge in [0, 0.05) is 11.3 Å². The van der Waals surface area contributed by atoms with Crippen molar-refractivity contribution >= 4 is 17.7 Å². The van der Waals surface area contributed by atoms with Crippen LogP contribution in [0.2, 0.25) is 0 Å². The molecule has 0 bridgehead atoms. The Bertz CT molecular complexity index is 965. The summed E-state index contributed by atoms with van der Waals surface area (Å²) in [7, 11) is 0. The first-order valence-electron chi connectivity index (χ1n) is 8.99. The van der Waals surface area contributed by atoms with Crippen LogP contribution in [0, 0.1) is 20.8 Å².